The number of aryl methyl sites for hydroxylation is 1. The molecule has 0 bridgehead atoms. The van der Waals surface area contributed by atoms with Crippen molar-refractivity contribution in [3.63, 3.8) is 0 Å². The third-order valence-corrected chi connectivity index (χ3v) is 4.11. The Morgan fingerprint density at radius 2 is 2.00 bits per heavy atom. The molecule has 0 aromatic carbocycles. The van der Waals surface area contributed by atoms with Crippen LogP contribution in [0.3, 0.4) is 0 Å². The molecule has 0 aliphatic carbocycles. The lowest BCUT2D eigenvalue weighted by Crippen LogP contribution is -2.50. The number of nitrogens with zero attached hydrogens (tertiary/aromatic N) is 5. The second-order valence-corrected chi connectivity index (χ2v) is 5.75. The highest BCUT2D eigenvalue weighted by molar-refractivity contribution is 5.94. The molecule has 3 heterocycles. The fourth-order valence-electron chi connectivity index (χ4n) is 2.75. The van der Waals surface area contributed by atoms with Crippen molar-refractivity contribution < 1.29 is 9.53 Å². The van der Waals surface area contributed by atoms with Gasteiger partial charge in [0.2, 0.25) is 11.8 Å². The summed E-state index contributed by atoms with van der Waals surface area (Å²) in [6, 6.07) is 5.00. The minimum absolute atomic E-state index is 0.202. The first-order chi connectivity index (χ1) is 12.1. The van der Waals surface area contributed by atoms with Gasteiger partial charge in [-0.25, -0.2) is 4.98 Å². The van der Waals surface area contributed by atoms with Gasteiger partial charge in [0.05, 0.1) is 6.61 Å². The number of ether oxygens (including phenoxy) is 1. The van der Waals surface area contributed by atoms with E-state index in [9.17, 15) is 9.59 Å². The van der Waals surface area contributed by atoms with Crippen LogP contribution in [0.5, 0.6) is 5.88 Å². The number of hydrogen-bond acceptors (Lipinski definition) is 6. The zero-order valence-corrected chi connectivity index (χ0v) is 14.4. The third kappa shape index (κ3) is 3.62. The molecule has 1 aliphatic rings. The number of carbonyl (C=O) groups is 1. The summed E-state index contributed by atoms with van der Waals surface area (Å²) < 4.78 is 6.81. The van der Waals surface area contributed by atoms with E-state index in [0.29, 0.717) is 44.6 Å². The fraction of sp³-hybridized carbons (Fsp3) is 0.412. The summed E-state index contributed by atoms with van der Waals surface area (Å²) in [5, 5.41) is 0. The number of amides is 1. The maximum atomic E-state index is 12.6. The van der Waals surface area contributed by atoms with Crippen LogP contribution in [0, 0.1) is 0 Å². The molecule has 2 aromatic rings. The molecule has 1 fully saturated rings. The van der Waals surface area contributed by atoms with E-state index in [1.165, 1.54) is 4.57 Å². The minimum atomic E-state index is -0.275. The van der Waals surface area contributed by atoms with E-state index in [1.54, 1.807) is 42.5 Å². The first-order valence-corrected chi connectivity index (χ1v) is 8.26. The van der Waals surface area contributed by atoms with Crippen molar-refractivity contribution in [2.24, 2.45) is 7.05 Å². The molecule has 2 aromatic heterocycles. The smallest absolute Gasteiger partial charge is 0.263 e. The Hall–Kier alpha value is -2.90. The van der Waals surface area contributed by atoms with Crippen molar-refractivity contribution in [1.82, 2.24) is 19.4 Å². The lowest BCUT2D eigenvalue weighted by Gasteiger charge is -2.34. The number of carbonyl (C=O) groups excluding carboxylic acids is 1. The second-order valence-electron chi connectivity index (χ2n) is 5.75. The second kappa shape index (κ2) is 7.33. The van der Waals surface area contributed by atoms with E-state index in [0.717, 1.165) is 0 Å². The molecule has 0 atom stereocenters. The van der Waals surface area contributed by atoms with Gasteiger partial charge in [-0.15, -0.1) is 0 Å². The first-order valence-electron chi connectivity index (χ1n) is 8.26. The summed E-state index contributed by atoms with van der Waals surface area (Å²) >= 11 is 0. The van der Waals surface area contributed by atoms with E-state index in [1.807, 2.05) is 11.8 Å². The summed E-state index contributed by atoms with van der Waals surface area (Å²) in [6.45, 7) is 4.69. The van der Waals surface area contributed by atoms with Gasteiger partial charge in [-0.2, -0.15) is 4.98 Å². The van der Waals surface area contributed by atoms with Crippen LogP contribution >= 0.6 is 0 Å². The number of rotatable bonds is 4. The van der Waals surface area contributed by atoms with Crippen LogP contribution < -0.4 is 15.2 Å². The van der Waals surface area contributed by atoms with Crippen molar-refractivity contribution >= 4 is 11.9 Å². The Morgan fingerprint density at radius 3 is 2.72 bits per heavy atom. The highest BCUT2D eigenvalue weighted by Crippen LogP contribution is 2.15. The van der Waals surface area contributed by atoms with Crippen LogP contribution in [0.1, 0.15) is 17.3 Å². The van der Waals surface area contributed by atoms with Crippen molar-refractivity contribution in [2.45, 2.75) is 6.92 Å². The Bertz CT molecular complexity index is 812. The Labute approximate surface area is 145 Å². The van der Waals surface area contributed by atoms with Crippen molar-refractivity contribution in [2.75, 3.05) is 37.7 Å². The van der Waals surface area contributed by atoms with Gasteiger partial charge in [0, 0.05) is 51.7 Å². The zero-order chi connectivity index (χ0) is 17.8. The summed E-state index contributed by atoms with van der Waals surface area (Å²) in [6.07, 6.45) is 3.30. The molecule has 1 saturated heterocycles. The van der Waals surface area contributed by atoms with Crippen LogP contribution in [0.2, 0.25) is 0 Å². The monoisotopic (exact) mass is 343 g/mol. The van der Waals surface area contributed by atoms with Crippen LogP contribution in [-0.4, -0.2) is 58.1 Å². The first kappa shape index (κ1) is 16.9. The Balaban J connectivity index is 1.67. The molecular formula is C17H21N5O3. The molecule has 1 aliphatic heterocycles. The largest absolute Gasteiger partial charge is 0.478 e. The molecule has 25 heavy (non-hydrogen) atoms. The molecule has 0 spiro atoms. The summed E-state index contributed by atoms with van der Waals surface area (Å²) in [5.74, 6) is 0.900. The normalized spacial score (nSPS) is 14.5. The average molecular weight is 343 g/mol. The van der Waals surface area contributed by atoms with Gasteiger partial charge in [0.15, 0.2) is 0 Å². The standard InChI is InChI=1S/C17H21N5O3/c1-3-25-14-6-7-18-17(19-14)22-11-9-21(10-12-22)16(24)13-5-4-8-20(2)15(13)23/h4-8H,3,9-12H2,1-2H3. The van der Waals surface area contributed by atoms with Gasteiger partial charge in [-0.1, -0.05) is 0 Å². The summed E-state index contributed by atoms with van der Waals surface area (Å²) in [7, 11) is 1.64. The number of hydrogen-bond donors (Lipinski definition) is 0. The van der Waals surface area contributed by atoms with Gasteiger partial charge in [0.25, 0.3) is 11.5 Å². The molecule has 0 N–H and O–H groups in total. The SMILES string of the molecule is CCOc1ccnc(N2CCN(C(=O)c3cccn(C)c3=O)CC2)n1. The molecule has 0 radical (unpaired) electrons. The molecule has 8 heteroatoms. The molecule has 8 nitrogen and oxygen atoms in total. The Morgan fingerprint density at radius 1 is 1.24 bits per heavy atom. The molecule has 0 unspecified atom stereocenters. The third-order valence-electron chi connectivity index (χ3n) is 4.11. The number of pyridine rings is 1. The van der Waals surface area contributed by atoms with Crippen LogP contribution in [0.4, 0.5) is 5.95 Å². The van der Waals surface area contributed by atoms with E-state index in [2.05, 4.69) is 9.97 Å². The predicted molar refractivity (Wildman–Crippen MR) is 93.0 cm³/mol. The summed E-state index contributed by atoms with van der Waals surface area (Å²) in [5.41, 5.74) is -0.0734. The molecular weight excluding hydrogens is 322 g/mol. The van der Waals surface area contributed by atoms with E-state index in [4.69, 9.17) is 4.74 Å². The quantitative estimate of drug-likeness (QED) is 0.806. The van der Waals surface area contributed by atoms with Crippen LogP contribution in [0.15, 0.2) is 35.4 Å². The van der Waals surface area contributed by atoms with Crippen molar-refractivity contribution in [1.29, 1.82) is 0 Å². The molecule has 3 rings (SSSR count). The Kier molecular flexibility index (Phi) is 4.97. The van der Waals surface area contributed by atoms with Crippen molar-refractivity contribution in [3.8, 4) is 5.88 Å². The fourth-order valence-corrected chi connectivity index (χ4v) is 2.75. The predicted octanol–water partition coefficient (Wildman–Crippen LogP) is 0.536. The van der Waals surface area contributed by atoms with Gasteiger partial charge >= 0.3 is 0 Å². The highest BCUT2D eigenvalue weighted by atomic mass is 16.5. The van der Waals surface area contributed by atoms with Gasteiger partial charge in [0.1, 0.15) is 5.56 Å². The van der Waals surface area contributed by atoms with Gasteiger partial charge < -0.3 is 19.1 Å². The maximum Gasteiger partial charge on any atom is 0.263 e. The molecule has 1 amide bonds. The van der Waals surface area contributed by atoms with Gasteiger partial charge in [-0.05, 0) is 19.1 Å². The van der Waals surface area contributed by atoms with E-state index < -0.39 is 0 Å². The lowest BCUT2D eigenvalue weighted by atomic mass is 10.2. The minimum Gasteiger partial charge on any atom is -0.478 e. The van der Waals surface area contributed by atoms with E-state index in [-0.39, 0.29) is 17.0 Å². The van der Waals surface area contributed by atoms with Crippen LogP contribution in [0.25, 0.3) is 0 Å². The topological polar surface area (TPSA) is 80.6 Å². The van der Waals surface area contributed by atoms with Crippen molar-refractivity contribution in [3.05, 3.63) is 46.5 Å². The van der Waals surface area contributed by atoms with E-state index >= 15 is 0 Å². The molecule has 0 saturated carbocycles. The average Bonchev–Trinajstić information content (AvgIpc) is 2.64. The number of anilines is 1. The molecule has 132 valence electrons. The lowest BCUT2D eigenvalue weighted by molar-refractivity contribution is 0.0743. The highest BCUT2D eigenvalue weighted by Gasteiger charge is 2.25. The maximum absolute atomic E-state index is 12.6. The zero-order valence-electron chi connectivity index (χ0n) is 14.4. The summed E-state index contributed by atoms with van der Waals surface area (Å²) in [4.78, 5) is 37.1. The van der Waals surface area contributed by atoms with Crippen LogP contribution in [-0.2, 0) is 7.05 Å². The number of piperazine rings is 1. The van der Waals surface area contributed by atoms with Gasteiger partial charge in [-0.3, -0.25) is 9.59 Å². The number of aromatic nitrogens is 3.